The number of benzene rings is 1. The Labute approximate surface area is 134 Å². The van der Waals surface area contributed by atoms with Crippen LogP contribution in [0.2, 0.25) is 0 Å². The number of amides is 1. The average molecular weight is 301 g/mol. The molecular weight excluding hydrogens is 272 g/mol. The van der Waals surface area contributed by atoms with Gasteiger partial charge in [0.1, 0.15) is 6.54 Å². The molecule has 22 heavy (non-hydrogen) atoms. The molecule has 1 aromatic rings. The minimum Gasteiger partial charge on any atom is -0.342 e. The van der Waals surface area contributed by atoms with E-state index in [1.807, 2.05) is 0 Å². The van der Waals surface area contributed by atoms with Gasteiger partial charge in [0.2, 0.25) is 5.91 Å². The summed E-state index contributed by atoms with van der Waals surface area (Å²) in [6.07, 6.45) is 7.25. The van der Waals surface area contributed by atoms with Crippen molar-refractivity contribution >= 4 is 5.91 Å². The van der Waals surface area contributed by atoms with Gasteiger partial charge in [0.05, 0.1) is 19.0 Å². The van der Waals surface area contributed by atoms with E-state index < -0.39 is 0 Å². The Morgan fingerprint density at radius 1 is 1.05 bits per heavy atom. The molecule has 2 aliphatic rings. The fraction of sp³-hybridized carbons (Fsp3) is 0.632. The molecule has 2 saturated heterocycles. The largest absolute Gasteiger partial charge is 0.342 e. The molecule has 2 heterocycles. The molecule has 0 radical (unpaired) electrons. The van der Waals surface area contributed by atoms with Gasteiger partial charge >= 0.3 is 0 Å². The molecule has 1 amide bonds. The van der Waals surface area contributed by atoms with Gasteiger partial charge in [-0.15, -0.1) is 0 Å². The summed E-state index contributed by atoms with van der Waals surface area (Å²) in [5.74, 6) is 0.692. The van der Waals surface area contributed by atoms with Crippen molar-refractivity contribution in [3.63, 3.8) is 0 Å². The van der Waals surface area contributed by atoms with E-state index in [1.54, 1.807) is 4.90 Å². The van der Waals surface area contributed by atoms with Gasteiger partial charge in [0.15, 0.2) is 0 Å². The van der Waals surface area contributed by atoms with Crippen LogP contribution in [0.25, 0.3) is 0 Å². The summed E-state index contributed by atoms with van der Waals surface area (Å²) < 4.78 is 0. The van der Waals surface area contributed by atoms with Gasteiger partial charge in [0.25, 0.3) is 0 Å². The summed E-state index contributed by atoms with van der Waals surface area (Å²) in [6, 6.07) is 10.7. The van der Waals surface area contributed by atoms with Crippen molar-refractivity contribution in [3.8, 4) is 0 Å². The lowest BCUT2D eigenvalue weighted by Crippen LogP contribution is -3.12. The minimum atomic E-state index is 0.255. The molecule has 0 bridgehead atoms. The number of rotatable bonds is 3. The molecule has 1 N–H and O–H groups in total. The zero-order chi connectivity index (χ0) is 15.2. The molecule has 3 heteroatoms. The van der Waals surface area contributed by atoms with Crippen LogP contribution < -0.4 is 4.90 Å². The van der Waals surface area contributed by atoms with E-state index in [9.17, 15) is 4.79 Å². The SMILES string of the molecule is O=C([C@@H]1CCC[NH+](Cc2ccccc2)C1)N1CCCCCC1. The van der Waals surface area contributed by atoms with Gasteiger partial charge in [-0.25, -0.2) is 0 Å². The molecule has 0 aliphatic carbocycles. The third kappa shape index (κ3) is 4.10. The minimum absolute atomic E-state index is 0.255. The predicted molar refractivity (Wildman–Crippen MR) is 88.6 cm³/mol. The number of likely N-dealkylation sites (tertiary alicyclic amines) is 2. The van der Waals surface area contributed by atoms with Gasteiger partial charge in [0, 0.05) is 18.7 Å². The highest BCUT2D eigenvalue weighted by Crippen LogP contribution is 2.16. The molecule has 1 unspecified atom stereocenters. The summed E-state index contributed by atoms with van der Waals surface area (Å²) in [4.78, 5) is 16.5. The molecule has 120 valence electrons. The highest BCUT2D eigenvalue weighted by atomic mass is 16.2. The molecule has 3 rings (SSSR count). The Hall–Kier alpha value is -1.35. The molecule has 2 fully saturated rings. The second-order valence-electron chi connectivity index (χ2n) is 6.95. The molecule has 2 aliphatic heterocycles. The third-order valence-corrected chi connectivity index (χ3v) is 5.18. The lowest BCUT2D eigenvalue weighted by atomic mass is 9.96. The lowest BCUT2D eigenvalue weighted by Gasteiger charge is -2.32. The number of nitrogens with zero attached hydrogens (tertiary/aromatic N) is 1. The highest BCUT2D eigenvalue weighted by molar-refractivity contribution is 5.79. The normalized spacial score (nSPS) is 26.5. The third-order valence-electron chi connectivity index (χ3n) is 5.18. The number of quaternary nitrogens is 1. The van der Waals surface area contributed by atoms with Crippen molar-refractivity contribution in [2.24, 2.45) is 5.92 Å². The summed E-state index contributed by atoms with van der Waals surface area (Å²) in [7, 11) is 0. The van der Waals surface area contributed by atoms with Crippen molar-refractivity contribution in [1.29, 1.82) is 0 Å². The first-order valence-electron chi connectivity index (χ1n) is 8.99. The van der Waals surface area contributed by atoms with Gasteiger partial charge in [-0.1, -0.05) is 43.2 Å². The van der Waals surface area contributed by atoms with Crippen LogP contribution in [-0.4, -0.2) is 37.0 Å². The van der Waals surface area contributed by atoms with E-state index in [1.165, 1.54) is 44.2 Å². The first-order chi connectivity index (χ1) is 10.8. The van der Waals surface area contributed by atoms with E-state index in [0.717, 1.165) is 32.6 Å². The Bertz CT molecular complexity index is 466. The Morgan fingerprint density at radius 2 is 1.77 bits per heavy atom. The smallest absolute Gasteiger partial charge is 0.231 e. The average Bonchev–Trinajstić information content (AvgIpc) is 2.85. The van der Waals surface area contributed by atoms with Crippen LogP contribution in [0.5, 0.6) is 0 Å². The van der Waals surface area contributed by atoms with Crippen LogP contribution in [0, 0.1) is 5.92 Å². The maximum Gasteiger partial charge on any atom is 0.231 e. The fourth-order valence-electron chi connectivity index (χ4n) is 3.96. The van der Waals surface area contributed by atoms with Crippen molar-refractivity contribution in [2.75, 3.05) is 26.2 Å². The van der Waals surface area contributed by atoms with Crippen molar-refractivity contribution < 1.29 is 9.69 Å². The van der Waals surface area contributed by atoms with E-state index in [4.69, 9.17) is 0 Å². The van der Waals surface area contributed by atoms with Crippen LogP contribution in [0.4, 0.5) is 0 Å². The molecule has 1 aromatic carbocycles. The number of hydrogen-bond donors (Lipinski definition) is 1. The summed E-state index contributed by atoms with van der Waals surface area (Å²) in [5, 5.41) is 0. The number of carbonyl (C=O) groups excluding carboxylic acids is 1. The molecular formula is C19H29N2O+. The van der Waals surface area contributed by atoms with Gasteiger partial charge in [-0.05, 0) is 25.7 Å². The van der Waals surface area contributed by atoms with Gasteiger partial charge in [-0.3, -0.25) is 4.79 Å². The van der Waals surface area contributed by atoms with Crippen LogP contribution in [0.3, 0.4) is 0 Å². The standard InChI is InChI=1S/C19H28N2O/c22-19(21-13-6-1-2-7-14-21)18-11-8-12-20(16-18)15-17-9-4-3-5-10-17/h3-5,9-10,18H,1-2,6-8,11-16H2/p+1/t18-/m1/s1. The summed E-state index contributed by atoms with van der Waals surface area (Å²) in [6.45, 7) is 5.26. The van der Waals surface area contributed by atoms with Crippen LogP contribution >= 0.6 is 0 Å². The second kappa shape index (κ2) is 7.77. The van der Waals surface area contributed by atoms with E-state index in [-0.39, 0.29) is 5.92 Å². The maximum absolute atomic E-state index is 12.8. The fourth-order valence-corrected chi connectivity index (χ4v) is 3.96. The molecule has 0 aromatic heterocycles. The topological polar surface area (TPSA) is 24.8 Å². The van der Waals surface area contributed by atoms with Gasteiger partial charge < -0.3 is 9.80 Å². The summed E-state index contributed by atoms with van der Waals surface area (Å²) >= 11 is 0. The van der Waals surface area contributed by atoms with Gasteiger partial charge in [-0.2, -0.15) is 0 Å². The van der Waals surface area contributed by atoms with Crippen LogP contribution in [-0.2, 0) is 11.3 Å². The molecule has 0 saturated carbocycles. The van der Waals surface area contributed by atoms with Crippen LogP contribution in [0.15, 0.2) is 30.3 Å². The second-order valence-corrected chi connectivity index (χ2v) is 6.95. The maximum atomic E-state index is 12.8. The number of piperidine rings is 1. The Balaban J connectivity index is 1.56. The first-order valence-corrected chi connectivity index (χ1v) is 8.99. The number of nitrogens with one attached hydrogen (secondary N) is 1. The first kappa shape index (κ1) is 15.5. The Morgan fingerprint density at radius 3 is 2.50 bits per heavy atom. The lowest BCUT2D eigenvalue weighted by molar-refractivity contribution is -0.921. The highest BCUT2D eigenvalue weighted by Gasteiger charge is 2.31. The van der Waals surface area contributed by atoms with Crippen molar-refractivity contribution in [1.82, 2.24) is 4.90 Å². The van der Waals surface area contributed by atoms with Crippen molar-refractivity contribution in [3.05, 3.63) is 35.9 Å². The molecule has 0 spiro atoms. The van der Waals surface area contributed by atoms with E-state index in [2.05, 4.69) is 35.2 Å². The zero-order valence-corrected chi connectivity index (χ0v) is 13.6. The summed E-state index contributed by atoms with van der Waals surface area (Å²) in [5.41, 5.74) is 1.39. The van der Waals surface area contributed by atoms with E-state index in [0.29, 0.717) is 5.91 Å². The number of carbonyl (C=O) groups is 1. The molecule has 3 nitrogen and oxygen atoms in total. The van der Waals surface area contributed by atoms with E-state index >= 15 is 0 Å². The number of hydrogen-bond acceptors (Lipinski definition) is 1. The zero-order valence-electron chi connectivity index (χ0n) is 13.6. The van der Waals surface area contributed by atoms with Crippen LogP contribution in [0.1, 0.15) is 44.1 Å². The molecule has 2 atom stereocenters. The quantitative estimate of drug-likeness (QED) is 0.906. The Kier molecular flexibility index (Phi) is 5.49. The predicted octanol–water partition coefficient (Wildman–Crippen LogP) is 1.88. The van der Waals surface area contributed by atoms with Crippen molar-refractivity contribution in [2.45, 2.75) is 45.1 Å². The monoisotopic (exact) mass is 301 g/mol.